The molecule has 0 saturated carbocycles. The second kappa shape index (κ2) is 6.55. The first-order valence-electron chi connectivity index (χ1n) is 8.57. The second-order valence-corrected chi connectivity index (χ2v) is 6.27. The SMILES string of the molecule is Cc1nn(CCNC(=O)c2cc3ccccc3[nH]2)c(C)c1-c1ccco1. The standard InChI is InChI=1S/C20H20N4O2/c1-13-19(18-8-5-11-26-18)14(2)24(23-13)10-9-21-20(25)17-12-15-6-3-4-7-16(15)22-17/h3-8,11-12,22H,9-10H2,1-2H3,(H,21,25). The van der Waals surface area contributed by atoms with E-state index in [4.69, 9.17) is 4.42 Å². The monoisotopic (exact) mass is 348 g/mol. The van der Waals surface area contributed by atoms with Gasteiger partial charge in [-0.05, 0) is 38.1 Å². The quantitative estimate of drug-likeness (QED) is 0.578. The largest absolute Gasteiger partial charge is 0.464 e. The number of aromatic amines is 1. The maximum Gasteiger partial charge on any atom is 0.267 e. The number of aromatic nitrogens is 3. The number of nitrogens with one attached hydrogen (secondary N) is 2. The van der Waals surface area contributed by atoms with E-state index in [1.165, 1.54) is 0 Å². The van der Waals surface area contributed by atoms with Crippen LogP contribution in [0.2, 0.25) is 0 Å². The minimum absolute atomic E-state index is 0.117. The molecule has 0 aliphatic heterocycles. The Morgan fingerprint density at radius 3 is 2.85 bits per heavy atom. The van der Waals surface area contributed by atoms with E-state index < -0.39 is 0 Å². The Hall–Kier alpha value is -3.28. The van der Waals surface area contributed by atoms with Crippen molar-refractivity contribution in [2.45, 2.75) is 20.4 Å². The third-order valence-electron chi connectivity index (χ3n) is 4.53. The van der Waals surface area contributed by atoms with Gasteiger partial charge in [-0.2, -0.15) is 5.10 Å². The van der Waals surface area contributed by atoms with E-state index in [1.54, 1.807) is 6.26 Å². The Morgan fingerprint density at radius 2 is 2.08 bits per heavy atom. The molecule has 0 fully saturated rings. The maximum atomic E-state index is 12.4. The highest BCUT2D eigenvalue weighted by molar-refractivity contribution is 5.97. The summed E-state index contributed by atoms with van der Waals surface area (Å²) < 4.78 is 7.40. The zero-order valence-corrected chi connectivity index (χ0v) is 14.7. The smallest absolute Gasteiger partial charge is 0.267 e. The van der Waals surface area contributed by atoms with Gasteiger partial charge in [0.1, 0.15) is 11.5 Å². The molecule has 132 valence electrons. The number of rotatable bonds is 5. The highest BCUT2D eigenvalue weighted by Gasteiger charge is 2.15. The maximum absolute atomic E-state index is 12.4. The van der Waals surface area contributed by atoms with Gasteiger partial charge in [0.2, 0.25) is 0 Å². The molecule has 0 unspecified atom stereocenters. The van der Waals surface area contributed by atoms with Gasteiger partial charge in [0.25, 0.3) is 5.91 Å². The van der Waals surface area contributed by atoms with Crippen molar-refractivity contribution in [1.29, 1.82) is 0 Å². The lowest BCUT2D eigenvalue weighted by atomic mass is 10.1. The van der Waals surface area contributed by atoms with Crippen LogP contribution in [-0.2, 0) is 6.54 Å². The highest BCUT2D eigenvalue weighted by atomic mass is 16.3. The van der Waals surface area contributed by atoms with Gasteiger partial charge < -0.3 is 14.7 Å². The zero-order chi connectivity index (χ0) is 18.1. The molecule has 0 atom stereocenters. The van der Waals surface area contributed by atoms with Gasteiger partial charge in [-0.25, -0.2) is 0 Å². The summed E-state index contributed by atoms with van der Waals surface area (Å²) in [5.74, 6) is 0.697. The van der Waals surface area contributed by atoms with Gasteiger partial charge in [0.05, 0.1) is 24.1 Å². The lowest BCUT2D eigenvalue weighted by Crippen LogP contribution is -2.28. The Labute approximate surface area is 150 Å². The number of amides is 1. The van der Waals surface area contributed by atoms with Gasteiger partial charge in [-0.3, -0.25) is 9.48 Å². The van der Waals surface area contributed by atoms with Crippen molar-refractivity contribution < 1.29 is 9.21 Å². The third-order valence-corrected chi connectivity index (χ3v) is 4.53. The van der Waals surface area contributed by atoms with Gasteiger partial charge in [0, 0.05) is 23.1 Å². The molecule has 4 aromatic rings. The van der Waals surface area contributed by atoms with E-state index >= 15 is 0 Å². The number of fused-ring (bicyclic) bond motifs is 1. The molecule has 0 spiro atoms. The van der Waals surface area contributed by atoms with Crippen LogP contribution in [0.25, 0.3) is 22.2 Å². The molecule has 3 heterocycles. The summed E-state index contributed by atoms with van der Waals surface area (Å²) in [6.07, 6.45) is 1.66. The van der Waals surface area contributed by atoms with E-state index in [0.717, 1.165) is 33.6 Å². The minimum Gasteiger partial charge on any atom is -0.464 e. The van der Waals surface area contributed by atoms with Crippen LogP contribution in [0.4, 0.5) is 0 Å². The molecule has 1 amide bonds. The van der Waals surface area contributed by atoms with E-state index in [2.05, 4.69) is 15.4 Å². The lowest BCUT2D eigenvalue weighted by molar-refractivity contribution is 0.0947. The number of carbonyl (C=O) groups excluding carboxylic acids is 1. The Kier molecular flexibility index (Phi) is 4.08. The van der Waals surface area contributed by atoms with Crippen molar-refractivity contribution in [3.8, 4) is 11.3 Å². The molecule has 26 heavy (non-hydrogen) atoms. The number of hydrogen-bond donors (Lipinski definition) is 2. The number of nitrogens with zero attached hydrogens (tertiary/aromatic N) is 2. The molecular weight excluding hydrogens is 328 g/mol. The number of furan rings is 1. The van der Waals surface area contributed by atoms with Crippen LogP contribution in [-0.4, -0.2) is 27.2 Å². The third kappa shape index (κ3) is 2.90. The minimum atomic E-state index is -0.117. The van der Waals surface area contributed by atoms with Crippen LogP contribution in [0.3, 0.4) is 0 Å². The summed E-state index contributed by atoms with van der Waals surface area (Å²) in [5, 5.41) is 8.54. The molecule has 0 saturated heterocycles. The summed E-state index contributed by atoms with van der Waals surface area (Å²) in [4.78, 5) is 15.5. The van der Waals surface area contributed by atoms with Crippen molar-refractivity contribution in [3.63, 3.8) is 0 Å². The first-order chi connectivity index (χ1) is 12.6. The van der Waals surface area contributed by atoms with Gasteiger partial charge in [0.15, 0.2) is 0 Å². The number of hydrogen-bond acceptors (Lipinski definition) is 3. The van der Waals surface area contributed by atoms with Crippen LogP contribution in [0.1, 0.15) is 21.9 Å². The van der Waals surface area contributed by atoms with Crippen LogP contribution in [0.5, 0.6) is 0 Å². The zero-order valence-electron chi connectivity index (χ0n) is 14.7. The molecule has 0 radical (unpaired) electrons. The topological polar surface area (TPSA) is 75.8 Å². The molecule has 4 rings (SSSR count). The van der Waals surface area contributed by atoms with E-state index in [9.17, 15) is 4.79 Å². The van der Waals surface area contributed by atoms with Crippen LogP contribution in [0, 0.1) is 13.8 Å². The summed E-state index contributed by atoms with van der Waals surface area (Å²) in [6, 6.07) is 13.5. The first kappa shape index (κ1) is 16.2. The van der Waals surface area contributed by atoms with E-state index in [0.29, 0.717) is 18.8 Å². The lowest BCUT2D eigenvalue weighted by Gasteiger charge is -2.06. The second-order valence-electron chi connectivity index (χ2n) is 6.27. The Bertz CT molecular complexity index is 1020. The van der Waals surface area contributed by atoms with Gasteiger partial charge in [-0.1, -0.05) is 18.2 Å². The molecule has 0 aliphatic carbocycles. The fourth-order valence-electron chi connectivity index (χ4n) is 3.26. The molecule has 0 bridgehead atoms. The van der Waals surface area contributed by atoms with Crippen molar-refractivity contribution in [2.24, 2.45) is 0 Å². The summed E-state index contributed by atoms with van der Waals surface area (Å²) in [7, 11) is 0. The average Bonchev–Trinajstić information content (AvgIpc) is 3.34. The molecule has 3 aromatic heterocycles. The molecule has 6 nitrogen and oxygen atoms in total. The number of para-hydroxylation sites is 1. The number of H-pyrrole nitrogens is 1. The van der Waals surface area contributed by atoms with Crippen molar-refractivity contribution in [3.05, 3.63) is 65.8 Å². The van der Waals surface area contributed by atoms with Crippen molar-refractivity contribution >= 4 is 16.8 Å². The van der Waals surface area contributed by atoms with E-state index in [1.807, 2.05) is 61.0 Å². The number of carbonyl (C=O) groups is 1. The van der Waals surface area contributed by atoms with E-state index in [-0.39, 0.29) is 5.91 Å². The Balaban J connectivity index is 1.43. The van der Waals surface area contributed by atoms with Crippen molar-refractivity contribution in [1.82, 2.24) is 20.1 Å². The number of aryl methyl sites for hydroxylation is 1. The van der Waals surface area contributed by atoms with Crippen molar-refractivity contribution in [2.75, 3.05) is 6.54 Å². The molecular formula is C20H20N4O2. The average molecular weight is 348 g/mol. The fourth-order valence-corrected chi connectivity index (χ4v) is 3.26. The van der Waals surface area contributed by atoms with Crippen LogP contribution < -0.4 is 5.32 Å². The Morgan fingerprint density at radius 1 is 1.23 bits per heavy atom. The molecule has 0 aliphatic rings. The fraction of sp³-hybridized carbons (Fsp3) is 0.200. The normalized spacial score (nSPS) is 11.2. The van der Waals surface area contributed by atoms with Crippen LogP contribution >= 0.6 is 0 Å². The summed E-state index contributed by atoms with van der Waals surface area (Å²) >= 11 is 0. The first-order valence-corrected chi connectivity index (χ1v) is 8.57. The van der Waals surface area contributed by atoms with Crippen LogP contribution in [0.15, 0.2) is 53.1 Å². The predicted molar refractivity (Wildman–Crippen MR) is 100 cm³/mol. The predicted octanol–water partition coefficient (Wildman–Crippen LogP) is 3.67. The molecule has 2 N–H and O–H groups in total. The summed E-state index contributed by atoms with van der Waals surface area (Å²) in [6.45, 7) is 5.06. The van der Waals surface area contributed by atoms with Gasteiger partial charge >= 0.3 is 0 Å². The number of benzene rings is 1. The summed E-state index contributed by atoms with van der Waals surface area (Å²) in [5.41, 5.74) is 4.48. The highest BCUT2D eigenvalue weighted by Crippen LogP contribution is 2.27. The van der Waals surface area contributed by atoms with Gasteiger partial charge in [-0.15, -0.1) is 0 Å². The molecule has 1 aromatic carbocycles. The molecule has 6 heteroatoms.